The first-order valence-electron chi connectivity index (χ1n) is 5.43. The zero-order valence-corrected chi connectivity index (χ0v) is 10.5. The summed E-state index contributed by atoms with van der Waals surface area (Å²) in [7, 11) is -3.75. The van der Waals surface area contributed by atoms with E-state index < -0.39 is 15.8 Å². The Balaban J connectivity index is 2.61. The molecule has 1 atom stereocenters. The molecule has 1 aromatic carbocycles. The first-order chi connectivity index (χ1) is 7.93. The van der Waals surface area contributed by atoms with Crippen molar-refractivity contribution < 1.29 is 12.8 Å². The minimum atomic E-state index is -3.75. The van der Waals surface area contributed by atoms with Gasteiger partial charge in [0.25, 0.3) is 0 Å². The molecule has 1 rings (SSSR count). The highest BCUT2D eigenvalue weighted by molar-refractivity contribution is 7.89. The van der Waals surface area contributed by atoms with Gasteiger partial charge < -0.3 is 5.73 Å². The van der Waals surface area contributed by atoms with Crippen LogP contribution in [0.1, 0.15) is 19.8 Å². The fraction of sp³-hybridized carbons (Fsp3) is 0.455. The maximum Gasteiger partial charge on any atom is 0.243 e. The summed E-state index contributed by atoms with van der Waals surface area (Å²) in [5.74, 6) is -0.743. The normalized spacial score (nSPS) is 13.6. The molecule has 0 spiro atoms. The van der Waals surface area contributed by atoms with E-state index in [1.165, 1.54) is 18.2 Å². The Bertz CT molecular complexity index is 460. The van der Waals surface area contributed by atoms with Crippen LogP contribution < -0.4 is 10.5 Å². The number of halogens is 1. The molecule has 0 aliphatic heterocycles. The Labute approximate surface area is 101 Å². The van der Waals surface area contributed by atoms with Crippen LogP contribution in [0.25, 0.3) is 0 Å². The van der Waals surface area contributed by atoms with Gasteiger partial charge in [0.2, 0.25) is 10.0 Å². The highest BCUT2D eigenvalue weighted by Gasteiger charge is 2.17. The van der Waals surface area contributed by atoms with Crippen molar-refractivity contribution in [2.24, 2.45) is 5.73 Å². The van der Waals surface area contributed by atoms with Gasteiger partial charge in [0.15, 0.2) is 0 Å². The lowest BCUT2D eigenvalue weighted by molar-refractivity contribution is 0.549. The SMILES string of the molecule is CC(N)CCCNS(=O)(=O)c1ccccc1F. The van der Waals surface area contributed by atoms with Gasteiger partial charge >= 0.3 is 0 Å². The number of sulfonamides is 1. The first kappa shape index (κ1) is 14.1. The number of hydrogen-bond donors (Lipinski definition) is 2. The lowest BCUT2D eigenvalue weighted by atomic mass is 10.2. The second-order valence-corrected chi connectivity index (χ2v) is 5.68. The lowest BCUT2D eigenvalue weighted by Gasteiger charge is -2.08. The molecular weight excluding hydrogens is 243 g/mol. The number of rotatable bonds is 6. The van der Waals surface area contributed by atoms with E-state index in [0.29, 0.717) is 6.42 Å². The number of nitrogens with one attached hydrogen (secondary N) is 1. The van der Waals surface area contributed by atoms with E-state index in [9.17, 15) is 12.8 Å². The molecule has 0 bridgehead atoms. The fourth-order valence-electron chi connectivity index (χ4n) is 1.37. The van der Waals surface area contributed by atoms with Crippen LogP contribution in [-0.4, -0.2) is 21.0 Å². The largest absolute Gasteiger partial charge is 0.328 e. The summed E-state index contributed by atoms with van der Waals surface area (Å²) in [5.41, 5.74) is 5.54. The van der Waals surface area contributed by atoms with Gasteiger partial charge in [-0.2, -0.15) is 0 Å². The standard InChI is InChI=1S/C11H17FN2O2S/c1-9(13)5-4-8-14-17(15,16)11-7-3-2-6-10(11)12/h2-3,6-7,9,14H,4-5,8,13H2,1H3. The van der Waals surface area contributed by atoms with Crippen LogP contribution in [0.5, 0.6) is 0 Å². The summed E-state index contributed by atoms with van der Waals surface area (Å²) in [6, 6.07) is 5.33. The van der Waals surface area contributed by atoms with E-state index >= 15 is 0 Å². The summed E-state index contributed by atoms with van der Waals surface area (Å²) < 4.78 is 39.1. The van der Waals surface area contributed by atoms with Gasteiger partial charge in [-0.25, -0.2) is 17.5 Å². The second-order valence-electron chi connectivity index (χ2n) is 3.95. The molecule has 0 amide bonds. The van der Waals surface area contributed by atoms with Gasteiger partial charge in [0, 0.05) is 12.6 Å². The van der Waals surface area contributed by atoms with Gasteiger partial charge in [-0.15, -0.1) is 0 Å². The molecule has 0 saturated carbocycles. The van der Waals surface area contributed by atoms with Crippen molar-refractivity contribution >= 4 is 10.0 Å². The van der Waals surface area contributed by atoms with Crippen LogP contribution in [0.3, 0.4) is 0 Å². The maximum atomic E-state index is 13.3. The predicted octanol–water partition coefficient (Wildman–Crippen LogP) is 1.23. The first-order valence-corrected chi connectivity index (χ1v) is 6.91. The Morgan fingerprint density at radius 3 is 2.65 bits per heavy atom. The van der Waals surface area contributed by atoms with Crippen LogP contribution >= 0.6 is 0 Å². The van der Waals surface area contributed by atoms with E-state index in [1.54, 1.807) is 0 Å². The third kappa shape index (κ3) is 4.41. The van der Waals surface area contributed by atoms with E-state index in [-0.39, 0.29) is 17.5 Å². The topological polar surface area (TPSA) is 72.2 Å². The van der Waals surface area contributed by atoms with Crippen LogP contribution in [0.4, 0.5) is 4.39 Å². The Hall–Kier alpha value is -0.980. The summed E-state index contributed by atoms with van der Waals surface area (Å²) in [5, 5.41) is 0. The van der Waals surface area contributed by atoms with Gasteiger partial charge in [-0.3, -0.25) is 0 Å². The van der Waals surface area contributed by atoms with E-state index in [4.69, 9.17) is 5.73 Å². The van der Waals surface area contributed by atoms with Crippen molar-refractivity contribution in [3.05, 3.63) is 30.1 Å². The molecule has 1 aromatic rings. The molecule has 1 unspecified atom stereocenters. The van der Waals surface area contributed by atoms with Gasteiger partial charge in [0.1, 0.15) is 10.7 Å². The second kappa shape index (κ2) is 6.09. The van der Waals surface area contributed by atoms with Crippen molar-refractivity contribution in [2.45, 2.75) is 30.7 Å². The van der Waals surface area contributed by atoms with E-state index in [1.807, 2.05) is 6.92 Å². The predicted molar refractivity (Wildman–Crippen MR) is 64.5 cm³/mol. The Kier molecular flexibility index (Phi) is 5.04. The minimum absolute atomic E-state index is 0.0352. The molecule has 17 heavy (non-hydrogen) atoms. The summed E-state index contributed by atoms with van der Waals surface area (Å²) in [4.78, 5) is -0.319. The van der Waals surface area contributed by atoms with Crippen molar-refractivity contribution in [2.75, 3.05) is 6.54 Å². The molecular formula is C11H17FN2O2S. The molecule has 0 fully saturated rings. The molecule has 96 valence electrons. The van der Waals surface area contributed by atoms with Crippen LogP contribution in [0, 0.1) is 5.82 Å². The summed E-state index contributed by atoms with van der Waals surface area (Å²) in [6.07, 6.45) is 1.35. The van der Waals surface area contributed by atoms with E-state index in [2.05, 4.69) is 4.72 Å². The molecule has 0 aliphatic carbocycles. The Morgan fingerprint density at radius 2 is 2.06 bits per heavy atom. The number of hydrogen-bond acceptors (Lipinski definition) is 3. The van der Waals surface area contributed by atoms with Crippen LogP contribution in [0.2, 0.25) is 0 Å². The van der Waals surface area contributed by atoms with Crippen molar-refractivity contribution in [1.82, 2.24) is 4.72 Å². The summed E-state index contributed by atoms with van der Waals surface area (Å²) in [6.45, 7) is 2.11. The van der Waals surface area contributed by atoms with Crippen LogP contribution in [0.15, 0.2) is 29.2 Å². The Morgan fingerprint density at radius 1 is 1.41 bits per heavy atom. The average molecular weight is 260 g/mol. The van der Waals surface area contributed by atoms with Gasteiger partial charge in [-0.05, 0) is 31.9 Å². The quantitative estimate of drug-likeness (QED) is 0.756. The molecule has 0 saturated heterocycles. The van der Waals surface area contributed by atoms with Crippen molar-refractivity contribution in [3.8, 4) is 0 Å². The zero-order chi connectivity index (χ0) is 12.9. The monoisotopic (exact) mass is 260 g/mol. The zero-order valence-electron chi connectivity index (χ0n) is 9.69. The van der Waals surface area contributed by atoms with Gasteiger partial charge in [-0.1, -0.05) is 12.1 Å². The maximum absolute atomic E-state index is 13.3. The number of benzene rings is 1. The molecule has 0 heterocycles. The minimum Gasteiger partial charge on any atom is -0.328 e. The average Bonchev–Trinajstić information content (AvgIpc) is 2.24. The molecule has 0 aliphatic rings. The number of nitrogens with two attached hydrogens (primary N) is 1. The third-order valence-electron chi connectivity index (χ3n) is 2.25. The van der Waals surface area contributed by atoms with Gasteiger partial charge in [0.05, 0.1) is 0 Å². The van der Waals surface area contributed by atoms with Crippen molar-refractivity contribution in [1.29, 1.82) is 0 Å². The fourth-order valence-corrected chi connectivity index (χ4v) is 2.52. The molecule has 0 aromatic heterocycles. The molecule has 4 nitrogen and oxygen atoms in total. The highest BCUT2D eigenvalue weighted by Crippen LogP contribution is 2.12. The van der Waals surface area contributed by atoms with Crippen molar-refractivity contribution in [3.63, 3.8) is 0 Å². The molecule has 6 heteroatoms. The van der Waals surface area contributed by atoms with Crippen LogP contribution in [-0.2, 0) is 10.0 Å². The molecule has 3 N–H and O–H groups in total. The highest BCUT2D eigenvalue weighted by atomic mass is 32.2. The van der Waals surface area contributed by atoms with E-state index in [0.717, 1.165) is 12.5 Å². The smallest absolute Gasteiger partial charge is 0.243 e. The third-order valence-corrected chi connectivity index (χ3v) is 3.75. The lowest BCUT2D eigenvalue weighted by Crippen LogP contribution is -2.27. The molecule has 0 radical (unpaired) electrons. The summed E-state index contributed by atoms with van der Waals surface area (Å²) >= 11 is 0.